The Hall–Kier alpha value is -4.86. The molecule has 29 heteroatoms. The van der Waals surface area contributed by atoms with E-state index in [1.54, 1.807) is 0 Å². The van der Waals surface area contributed by atoms with Gasteiger partial charge in [-0.25, -0.2) is 0 Å². The second-order valence-electron chi connectivity index (χ2n) is 11.1. The van der Waals surface area contributed by atoms with Crippen LogP contribution in [0.5, 0.6) is 0 Å². The maximum Gasteiger partial charge on any atom is 0.417 e. The van der Waals surface area contributed by atoms with Crippen molar-refractivity contribution < 1.29 is 123 Å². The van der Waals surface area contributed by atoms with Crippen LogP contribution in [0, 0.1) is 0 Å². The lowest BCUT2D eigenvalue weighted by molar-refractivity contribution is -0.174. The molecule has 2 N–H and O–H groups in total. The Labute approximate surface area is 314 Å². The molecule has 0 atom stereocenters. The standard InChI is InChI=1S/C11H5F9.C10H6F9N.C10H3F9O/c1-2-5-3-6(9(12,13)14)8(11(18,19)20)7(4-5)10(15,16)17;2*11-8(12,13)5-1-4(3-20)2-6(9(14,15)16)7(5)10(17,18)19/h2-4H,1H2;1-2H,3,20H2;1-3H. The molecule has 3 aromatic rings. The fourth-order valence-electron chi connectivity index (χ4n) is 4.59. The minimum Gasteiger partial charge on any atom is -0.326 e. The van der Waals surface area contributed by atoms with Crippen molar-refractivity contribution in [3.63, 3.8) is 0 Å². The average molecular weight is 929 g/mol. The van der Waals surface area contributed by atoms with E-state index in [4.69, 9.17) is 5.73 Å². The van der Waals surface area contributed by atoms with Gasteiger partial charge in [-0.05, 0) is 47.5 Å². The zero-order chi connectivity index (χ0) is 47.8. The molecule has 0 fully saturated rings. The summed E-state index contributed by atoms with van der Waals surface area (Å²) in [4.78, 5) is 10.3. The van der Waals surface area contributed by atoms with Crippen LogP contribution in [0.2, 0.25) is 0 Å². The van der Waals surface area contributed by atoms with E-state index in [9.17, 15) is 123 Å². The summed E-state index contributed by atoms with van der Waals surface area (Å²) in [6.07, 6.45) is -51.0. The summed E-state index contributed by atoms with van der Waals surface area (Å²) < 4.78 is 339. The van der Waals surface area contributed by atoms with Crippen molar-refractivity contribution >= 4 is 12.4 Å². The fraction of sp³-hybridized carbons (Fsp3) is 0.323. The molecule has 0 aliphatic carbocycles. The highest BCUT2D eigenvalue weighted by Gasteiger charge is 2.53. The summed E-state index contributed by atoms with van der Waals surface area (Å²) in [5.41, 5.74) is -20.7. The highest BCUT2D eigenvalue weighted by atomic mass is 19.4. The number of hydrogen-bond acceptors (Lipinski definition) is 2. The van der Waals surface area contributed by atoms with Crippen LogP contribution in [-0.2, 0) is 62.1 Å². The van der Waals surface area contributed by atoms with Crippen LogP contribution in [0.1, 0.15) is 71.6 Å². The van der Waals surface area contributed by atoms with E-state index >= 15 is 0 Å². The number of carbonyl (C=O) groups is 1. The topological polar surface area (TPSA) is 43.1 Å². The van der Waals surface area contributed by atoms with E-state index in [0.717, 1.165) is 0 Å². The number of alkyl halides is 27. The largest absolute Gasteiger partial charge is 0.417 e. The van der Waals surface area contributed by atoms with Crippen LogP contribution in [0.25, 0.3) is 6.08 Å². The molecule has 338 valence electrons. The molecule has 0 aliphatic rings. The number of hydrogen-bond donors (Lipinski definition) is 1. The zero-order valence-electron chi connectivity index (χ0n) is 27.7. The normalized spacial score (nSPS) is 13.5. The minimum atomic E-state index is -5.88. The molecule has 0 aliphatic heterocycles. The van der Waals surface area contributed by atoms with E-state index in [-0.39, 0.29) is 36.4 Å². The third-order valence-electron chi connectivity index (χ3n) is 6.81. The van der Waals surface area contributed by atoms with Gasteiger partial charge in [-0.3, -0.25) is 4.79 Å². The van der Waals surface area contributed by atoms with Crippen molar-refractivity contribution in [3.8, 4) is 0 Å². The zero-order valence-corrected chi connectivity index (χ0v) is 27.7. The Morgan fingerprint density at radius 1 is 0.367 bits per heavy atom. The van der Waals surface area contributed by atoms with Crippen LogP contribution >= 0.6 is 0 Å². The lowest BCUT2D eigenvalue weighted by Gasteiger charge is -2.21. The molecule has 0 heterocycles. The van der Waals surface area contributed by atoms with E-state index in [2.05, 4.69) is 6.58 Å². The van der Waals surface area contributed by atoms with Crippen molar-refractivity contribution in [1.82, 2.24) is 0 Å². The van der Waals surface area contributed by atoms with Gasteiger partial charge in [-0.1, -0.05) is 12.7 Å². The molecule has 0 radical (unpaired) electrons. The first kappa shape index (κ1) is 53.2. The number of rotatable bonds is 3. The Bertz CT molecular complexity index is 1790. The number of aldehydes is 1. The van der Waals surface area contributed by atoms with Crippen LogP contribution in [0.3, 0.4) is 0 Å². The molecule has 0 unspecified atom stereocenters. The Morgan fingerprint density at radius 3 is 0.717 bits per heavy atom. The van der Waals surface area contributed by atoms with Gasteiger partial charge in [0.05, 0.1) is 50.1 Å². The fourth-order valence-corrected chi connectivity index (χ4v) is 4.59. The summed E-state index contributed by atoms with van der Waals surface area (Å²) >= 11 is 0. The summed E-state index contributed by atoms with van der Waals surface area (Å²) in [5, 5.41) is 0. The third-order valence-corrected chi connectivity index (χ3v) is 6.81. The Morgan fingerprint density at radius 2 is 0.567 bits per heavy atom. The molecule has 3 aromatic carbocycles. The predicted octanol–water partition coefficient (Wildman–Crippen LogP) is 14.1. The molecule has 2 nitrogen and oxygen atoms in total. The first-order valence-electron chi connectivity index (χ1n) is 14.3. The van der Waals surface area contributed by atoms with Gasteiger partial charge >= 0.3 is 55.6 Å². The van der Waals surface area contributed by atoms with Crippen molar-refractivity contribution in [2.75, 3.05) is 0 Å². The summed E-state index contributed by atoms with van der Waals surface area (Å²) in [7, 11) is 0. The Kier molecular flexibility index (Phi) is 15.3. The van der Waals surface area contributed by atoms with Crippen molar-refractivity contribution in [2.45, 2.75) is 62.1 Å². The summed E-state index contributed by atoms with van der Waals surface area (Å²) in [5.74, 6) is 0. The van der Waals surface area contributed by atoms with E-state index in [1.807, 2.05) is 0 Å². The van der Waals surface area contributed by atoms with Gasteiger partial charge in [0.1, 0.15) is 6.29 Å². The maximum absolute atomic E-state index is 12.6. The molecule has 0 saturated carbocycles. The summed E-state index contributed by atoms with van der Waals surface area (Å²) in [6, 6.07) is -0.650. The van der Waals surface area contributed by atoms with Crippen molar-refractivity contribution in [3.05, 3.63) is 110 Å². The van der Waals surface area contributed by atoms with Crippen molar-refractivity contribution in [2.24, 2.45) is 5.73 Å². The van der Waals surface area contributed by atoms with E-state index in [1.165, 1.54) is 0 Å². The molecule has 3 rings (SSSR count). The smallest absolute Gasteiger partial charge is 0.326 e. The lowest BCUT2D eigenvalue weighted by atomic mass is 9.96. The SMILES string of the molecule is C=Cc1cc(C(F)(F)F)c(C(F)(F)F)c(C(F)(F)F)c1.NCc1cc(C(F)(F)F)c(C(F)(F)F)c(C(F)(F)F)c1.O=Cc1cc(C(F)(F)F)c(C(F)(F)F)c(C(F)(F)F)c1. The molecule has 60 heavy (non-hydrogen) atoms. The average Bonchev–Trinajstić information content (AvgIpc) is 3.03. The minimum absolute atomic E-state index is 0.0228. The first-order chi connectivity index (χ1) is 26.3. The molecule has 0 amide bonds. The van der Waals surface area contributed by atoms with Crippen LogP contribution in [0.4, 0.5) is 119 Å². The molecular weight excluding hydrogens is 915 g/mol. The summed E-state index contributed by atoms with van der Waals surface area (Å²) in [6.45, 7) is 2.19. The highest BCUT2D eigenvalue weighted by molar-refractivity contribution is 5.76. The quantitative estimate of drug-likeness (QED) is 0.210. The molecule has 0 saturated heterocycles. The number of benzene rings is 3. The third kappa shape index (κ3) is 13.6. The van der Waals surface area contributed by atoms with Gasteiger partial charge in [0, 0.05) is 12.1 Å². The van der Waals surface area contributed by atoms with Gasteiger partial charge < -0.3 is 5.73 Å². The van der Waals surface area contributed by atoms with Gasteiger partial charge in [0.25, 0.3) is 0 Å². The van der Waals surface area contributed by atoms with E-state index < -0.39 is 135 Å². The van der Waals surface area contributed by atoms with Gasteiger partial charge in [0.15, 0.2) is 0 Å². The second-order valence-corrected chi connectivity index (χ2v) is 11.1. The van der Waals surface area contributed by atoms with Crippen LogP contribution < -0.4 is 5.73 Å². The molecule has 0 aromatic heterocycles. The van der Waals surface area contributed by atoms with Gasteiger partial charge in [-0.2, -0.15) is 119 Å². The molecular formula is C31H14F27NO. The van der Waals surface area contributed by atoms with Gasteiger partial charge in [-0.15, -0.1) is 0 Å². The maximum atomic E-state index is 12.6. The lowest BCUT2D eigenvalue weighted by Crippen LogP contribution is -2.24. The highest BCUT2D eigenvalue weighted by Crippen LogP contribution is 2.50. The monoisotopic (exact) mass is 929 g/mol. The predicted molar refractivity (Wildman–Crippen MR) is 148 cm³/mol. The van der Waals surface area contributed by atoms with E-state index in [0.29, 0.717) is 6.08 Å². The molecule has 0 bridgehead atoms. The number of nitrogens with two attached hydrogens (primary N) is 1. The van der Waals surface area contributed by atoms with Crippen LogP contribution in [0.15, 0.2) is 43.0 Å². The van der Waals surface area contributed by atoms with Crippen molar-refractivity contribution in [1.29, 1.82) is 0 Å². The molecule has 0 spiro atoms. The van der Waals surface area contributed by atoms with Crippen LogP contribution in [-0.4, -0.2) is 6.29 Å². The first-order valence-corrected chi connectivity index (χ1v) is 14.3. The van der Waals surface area contributed by atoms with Gasteiger partial charge in [0.2, 0.25) is 0 Å². The Balaban J connectivity index is 0.000000450. The number of halogens is 27. The number of carbonyl (C=O) groups excluding carboxylic acids is 1. The second kappa shape index (κ2) is 17.3.